The van der Waals surface area contributed by atoms with Crippen molar-refractivity contribution in [3.8, 4) is 0 Å². The lowest BCUT2D eigenvalue weighted by molar-refractivity contribution is 0.633. The maximum absolute atomic E-state index is 4.55. The van der Waals surface area contributed by atoms with Crippen LogP contribution in [0, 0.1) is 6.92 Å². The molecule has 0 spiro atoms. The van der Waals surface area contributed by atoms with Crippen molar-refractivity contribution in [1.82, 2.24) is 14.5 Å². The molecule has 4 heteroatoms. The zero-order valence-corrected chi connectivity index (χ0v) is 10.2. The van der Waals surface area contributed by atoms with Crippen LogP contribution in [-0.2, 0) is 6.54 Å². The summed E-state index contributed by atoms with van der Waals surface area (Å²) < 4.78 is 2.26. The minimum Gasteiger partial charge on any atom is -0.312 e. The highest BCUT2D eigenvalue weighted by Crippen LogP contribution is 2.28. The van der Waals surface area contributed by atoms with Crippen LogP contribution in [-0.4, -0.2) is 25.5 Å². The van der Waals surface area contributed by atoms with Crippen LogP contribution in [0.15, 0.2) is 18.3 Å². The smallest absolute Gasteiger partial charge is 0.160 e. The molecule has 16 heavy (non-hydrogen) atoms. The van der Waals surface area contributed by atoms with Crippen LogP contribution in [0.3, 0.4) is 0 Å². The molecule has 3 rings (SSSR count). The van der Waals surface area contributed by atoms with E-state index in [9.17, 15) is 0 Å². The van der Waals surface area contributed by atoms with Gasteiger partial charge in [-0.15, -0.1) is 0 Å². The second-order valence-electron chi connectivity index (χ2n) is 4.25. The third-order valence-corrected chi connectivity index (χ3v) is 4.49. The van der Waals surface area contributed by atoms with E-state index in [4.69, 9.17) is 0 Å². The van der Waals surface area contributed by atoms with Gasteiger partial charge in [-0.05, 0) is 37.7 Å². The van der Waals surface area contributed by atoms with Crippen molar-refractivity contribution >= 4 is 22.9 Å². The molecule has 0 radical (unpaired) electrons. The Morgan fingerprint density at radius 2 is 2.50 bits per heavy atom. The maximum atomic E-state index is 4.55. The van der Waals surface area contributed by atoms with E-state index in [1.165, 1.54) is 18.6 Å². The van der Waals surface area contributed by atoms with E-state index in [2.05, 4.69) is 33.2 Å². The zero-order chi connectivity index (χ0) is 11.0. The monoisotopic (exact) mass is 233 g/mol. The Kier molecular flexibility index (Phi) is 2.59. The molecule has 3 heterocycles. The minimum atomic E-state index is 0.748. The fourth-order valence-electron chi connectivity index (χ4n) is 2.28. The fourth-order valence-corrected chi connectivity index (χ4v) is 3.54. The predicted octanol–water partition coefficient (Wildman–Crippen LogP) is 2.64. The van der Waals surface area contributed by atoms with Gasteiger partial charge in [0.2, 0.25) is 0 Å². The molecule has 0 bridgehead atoms. The van der Waals surface area contributed by atoms with E-state index in [1.54, 1.807) is 0 Å². The van der Waals surface area contributed by atoms with Crippen LogP contribution in [0.4, 0.5) is 0 Å². The molecule has 1 unspecified atom stereocenters. The van der Waals surface area contributed by atoms with Gasteiger partial charge >= 0.3 is 0 Å². The first-order chi connectivity index (χ1) is 7.84. The van der Waals surface area contributed by atoms with E-state index in [0.717, 1.165) is 28.8 Å². The lowest BCUT2D eigenvalue weighted by atomic mass is 10.2. The summed E-state index contributed by atoms with van der Waals surface area (Å²) in [7, 11) is 0. The van der Waals surface area contributed by atoms with E-state index < -0.39 is 0 Å². The molecule has 1 saturated heterocycles. The Morgan fingerprint density at radius 3 is 3.31 bits per heavy atom. The third kappa shape index (κ3) is 1.71. The summed E-state index contributed by atoms with van der Waals surface area (Å²) in [6.45, 7) is 3.13. The van der Waals surface area contributed by atoms with Crippen molar-refractivity contribution in [2.75, 3.05) is 5.75 Å². The van der Waals surface area contributed by atoms with Gasteiger partial charge in [-0.3, -0.25) is 0 Å². The molecule has 1 fully saturated rings. The van der Waals surface area contributed by atoms with Gasteiger partial charge in [0, 0.05) is 18.0 Å². The molecule has 2 aromatic rings. The Morgan fingerprint density at radius 1 is 1.56 bits per heavy atom. The number of pyridine rings is 1. The third-order valence-electron chi connectivity index (χ3n) is 3.10. The van der Waals surface area contributed by atoms with Gasteiger partial charge in [0.15, 0.2) is 5.65 Å². The summed E-state index contributed by atoms with van der Waals surface area (Å²) in [5.41, 5.74) is 2.05. The largest absolute Gasteiger partial charge is 0.312 e. The predicted molar refractivity (Wildman–Crippen MR) is 67.7 cm³/mol. The Hall–Kier alpha value is -1.03. The van der Waals surface area contributed by atoms with E-state index in [-0.39, 0.29) is 0 Å². The highest BCUT2D eigenvalue weighted by Gasteiger charge is 2.18. The minimum absolute atomic E-state index is 0.748. The van der Waals surface area contributed by atoms with Gasteiger partial charge in [0.05, 0.1) is 0 Å². The van der Waals surface area contributed by atoms with Crippen LogP contribution in [0.25, 0.3) is 11.2 Å². The molecule has 0 saturated carbocycles. The van der Waals surface area contributed by atoms with Crippen molar-refractivity contribution in [3.05, 3.63) is 24.2 Å². The van der Waals surface area contributed by atoms with Crippen LogP contribution in [0.5, 0.6) is 0 Å². The summed E-state index contributed by atoms with van der Waals surface area (Å²) >= 11 is 2.08. The lowest BCUT2D eigenvalue weighted by Gasteiger charge is -2.11. The first-order valence-electron chi connectivity index (χ1n) is 5.74. The summed E-state index contributed by atoms with van der Waals surface area (Å²) in [5.74, 6) is 2.39. The average molecular weight is 233 g/mol. The van der Waals surface area contributed by atoms with Gasteiger partial charge in [0.1, 0.15) is 11.3 Å². The van der Waals surface area contributed by atoms with Crippen molar-refractivity contribution in [2.24, 2.45) is 0 Å². The van der Waals surface area contributed by atoms with Crippen molar-refractivity contribution in [1.29, 1.82) is 0 Å². The molecule has 0 aromatic carbocycles. The highest BCUT2D eigenvalue weighted by atomic mass is 32.2. The number of nitrogens with zero attached hydrogens (tertiary/aromatic N) is 3. The lowest BCUT2D eigenvalue weighted by Crippen LogP contribution is -2.11. The van der Waals surface area contributed by atoms with E-state index in [0.29, 0.717) is 0 Å². The topological polar surface area (TPSA) is 30.7 Å². The summed E-state index contributed by atoms with van der Waals surface area (Å²) in [4.78, 5) is 8.98. The second-order valence-corrected chi connectivity index (χ2v) is 5.66. The van der Waals surface area contributed by atoms with Gasteiger partial charge < -0.3 is 4.57 Å². The van der Waals surface area contributed by atoms with Crippen LogP contribution in [0.2, 0.25) is 0 Å². The highest BCUT2D eigenvalue weighted by molar-refractivity contribution is 8.00. The van der Waals surface area contributed by atoms with Crippen LogP contribution >= 0.6 is 11.8 Å². The molecule has 1 atom stereocenters. The standard InChI is InChI=1S/C12H15N3S/c1-9-14-11-5-2-6-13-12(11)15(9)8-10-4-3-7-16-10/h2,5-6,10H,3-4,7-8H2,1H3. The number of aromatic nitrogens is 3. The molecule has 0 amide bonds. The normalized spacial score (nSPS) is 20.7. The first kappa shape index (κ1) is 10.1. The molecule has 2 aromatic heterocycles. The fraction of sp³-hybridized carbons (Fsp3) is 0.500. The van der Waals surface area contributed by atoms with Crippen LogP contribution < -0.4 is 0 Å². The molecule has 1 aliphatic rings. The van der Waals surface area contributed by atoms with Crippen molar-refractivity contribution < 1.29 is 0 Å². The number of fused-ring (bicyclic) bond motifs is 1. The molecule has 0 aliphatic carbocycles. The number of aryl methyl sites for hydroxylation is 1. The first-order valence-corrected chi connectivity index (χ1v) is 6.79. The molecular weight excluding hydrogens is 218 g/mol. The van der Waals surface area contributed by atoms with E-state index in [1.807, 2.05) is 18.3 Å². The average Bonchev–Trinajstić information content (AvgIpc) is 2.89. The van der Waals surface area contributed by atoms with Gasteiger partial charge in [-0.2, -0.15) is 11.8 Å². The van der Waals surface area contributed by atoms with Gasteiger partial charge in [-0.1, -0.05) is 0 Å². The molecular formula is C12H15N3S. The molecule has 3 nitrogen and oxygen atoms in total. The number of thioether (sulfide) groups is 1. The summed E-state index contributed by atoms with van der Waals surface area (Å²) in [6.07, 6.45) is 4.53. The number of rotatable bonds is 2. The molecule has 84 valence electrons. The van der Waals surface area contributed by atoms with E-state index >= 15 is 0 Å². The number of imidazole rings is 1. The summed E-state index contributed by atoms with van der Waals surface area (Å²) in [5, 5.41) is 0.748. The SMILES string of the molecule is Cc1nc2cccnc2n1CC1CCCS1. The molecule has 0 N–H and O–H groups in total. The Balaban J connectivity index is 1.98. The number of hydrogen-bond donors (Lipinski definition) is 0. The van der Waals surface area contributed by atoms with Crippen molar-refractivity contribution in [3.63, 3.8) is 0 Å². The van der Waals surface area contributed by atoms with Gasteiger partial charge in [0.25, 0.3) is 0 Å². The summed E-state index contributed by atoms with van der Waals surface area (Å²) in [6, 6.07) is 3.98. The number of hydrogen-bond acceptors (Lipinski definition) is 3. The van der Waals surface area contributed by atoms with Crippen molar-refractivity contribution in [2.45, 2.75) is 31.6 Å². The Labute approximate surface area is 99.3 Å². The molecule has 1 aliphatic heterocycles. The Bertz CT molecular complexity index is 500. The quantitative estimate of drug-likeness (QED) is 0.799. The van der Waals surface area contributed by atoms with Gasteiger partial charge in [-0.25, -0.2) is 9.97 Å². The second kappa shape index (κ2) is 4.09. The zero-order valence-electron chi connectivity index (χ0n) is 9.39. The maximum Gasteiger partial charge on any atom is 0.160 e. The van der Waals surface area contributed by atoms with Crippen LogP contribution in [0.1, 0.15) is 18.7 Å².